The van der Waals surface area contributed by atoms with Crippen LogP contribution in [0.1, 0.15) is 24.5 Å². The summed E-state index contributed by atoms with van der Waals surface area (Å²) in [6, 6.07) is 18.6. The van der Waals surface area contributed by atoms with Crippen LogP contribution in [0.4, 0.5) is 0 Å². The molecule has 1 aliphatic heterocycles. The van der Waals surface area contributed by atoms with Gasteiger partial charge in [-0.05, 0) is 59.0 Å². The Kier molecular flexibility index (Phi) is 7.98. The fraction of sp³-hybridized carbons (Fsp3) is 0.259. The fourth-order valence-corrected chi connectivity index (χ4v) is 5.44. The maximum absolute atomic E-state index is 13.7. The molecule has 2 atom stereocenters. The first-order valence-electron chi connectivity index (χ1n) is 12.0. The molecule has 0 spiro atoms. The molecule has 0 aromatic heterocycles. The van der Waals surface area contributed by atoms with E-state index in [-0.39, 0.29) is 17.6 Å². The predicted molar refractivity (Wildman–Crippen MR) is 149 cm³/mol. The molecule has 10 nitrogen and oxygen atoms in total. The van der Waals surface area contributed by atoms with E-state index in [1.165, 1.54) is 18.1 Å². The number of methoxy groups -OCH3 is 1. The van der Waals surface area contributed by atoms with Gasteiger partial charge in [-0.3, -0.25) is 9.69 Å². The zero-order chi connectivity index (χ0) is 28.4. The van der Waals surface area contributed by atoms with Crippen molar-refractivity contribution in [2.75, 3.05) is 26.2 Å². The Morgan fingerprint density at radius 2 is 1.67 bits per heavy atom. The van der Waals surface area contributed by atoms with Gasteiger partial charge in [0.05, 0.1) is 19.1 Å². The first-order chi connectivity index (χ1) is 18.5. The molecule has 2 unspecified atom stereocenters. The second-order valence-corrected chi connectivity index (χ2v) is 11.7. The molecule has 206 valence electrons. The maximum atomic E-state index is 13.7. The third kappa shape index (κ3) is 5.91. The highest BCUT2D eigenvalue weighted by Crippen LogP contribution is 2.41. The van der Waals surface area contributed by atoms with E-state index in [4.69, 9.17) is 18.8 Å². The Labute approximate surface area is 230 Å². The van der Waals surface area contributed by atoms with Gasteiger partial charge >= 0.3 is 10.1 Å². The van der Waals surface area contributed by atoms with Gasteiger partial charge in [-0.25, -0.2) is 9.20 Å². The number of hydrogen-bond acceptors (Lipinski definition) is 9. The second-order valence-electron chi connectivity index (χ2n) is 8.93. The Balaban J connectivity index is 1.82. The predicted octanol–water partition coefficient (Wildman–Crippen LogP) is 3.18. The Morgan fingerprint density at radius 3 is 2.26 bits per heavy atom. The molecule has 1 aliphatic rings. The molecule has 0 bridgehead atoms. The van der Waals surface area contributed by atoms with E-state index in [0.717, 1.165) is 6.26 Å². The number of rotatable bonds is 10. The van der Waals surface area contributed by atoms with Gasteiger partial charge in [-0.2, -0.15) is 8.42 Å². The van der Waals surface area contributed by atoms with E-state index in [1.807, 2.05) is 13.0 Å². The van der Waals surface area contributed by atoms with Crippen molar-refractivity contribution in [3.05, 3.63) is 77.9 Å². The molecular weight excluding hydrogens is 542 g/mol. The lowest BCUT2D eigenvalue weighted by atomic mass is 9.81. The number of carbonyl (C=O) groups excluding carboxylic acids is 1. The summed E-state index contributed by atoms with van der Waals surface area (Å²) in [5.74, 6) is 0.986. The average Bonchev–Trinajstić information content (AvgIpc) is 3.12. The zero-order valence-corrected chi connectivity index (χ0v) is 23.5. The van der Waals surface area contributed by atoms with Gasteiger partial charge in [0.2, 0.25) is 11.1 Å². The monoisotopic (exact) mass is 571 g/mol. The van der Waals surface area contributed by atoms with Gasteiger partial charge in [-0.1, -0.05) is 37.3 Å². The van der Waals surface area contributed by atoms with E-state index in [2.05, 4.69) is 4.99 Å². The minimum Gasteiger partial charge on any atom is -0.497 e. The molecule has 0 radical (unpaired) electrons. The minimum absolute atomic E-state index is 0.0556. The highest BCUT2D eigenvalue weighted by atomic mass is 32.2. The van der Waals surface area contributed by atoms with Crippen LogP contribution >= 0.6 is 0 Å². The summed E-state index contributed by atoms with van der Waals surface area (Å²) in [6.45, 7) is 1.91. The quantitative estimate of drug-likeness (QED) is 0.366. The largest absolute Gasteiger partial charge is 0.497 e. The normalized spacial score (nSPS) is 18.0. The van der Waals surface area contributed by atoms with Crippen LogP contribution in [0.25, 0.3) is 11.1 Å². The molecule has 0 fully saturated rings. The van der Waals surface area contributed by atoms with Gasteiger partial charge in [-0.15, -0.1) is 0 Å². The minimum atomic E-state index is -3.77. The van der Waals surface area contributed by atoms with Crippen molar-refractivity contribution in [2.24, 2.45) is 10.7 Å². The lowest BCUT2D eigenvalue weighted by molar-refractivity contribution is -0.129. The van der Waals surface area contributed by atoms with Crippen molar-refractivity contribution in [1.29, 1.82) is 0 Å². The van der Waals surface area contributed by atoms with Crippen molar-refractivity contribution in [1.82, 2.24) is 4.90 Å². The van der Waals surface area contributed by atoms with Crippen LogP contribution in [-0.4, -0.2) is 55.6 Å². The number of nitrogens with two attached hydrogens (primary N) is 1. The molecule has 0 saturated heterocycles. The van der Waals surface area contributed by atoms with Crippen molar-refractivity contribution >= 4 is 33.1 Å². The Morgan fingerprint density at radius 1 is 0.974 bits per heavy atom. The summed E-state index contributed by atoms with van der Waals surface area (Å²) in [5, 5.41) is 0. The summed E-state index contributed by atoms with van der Waals surface area (Å²) >= 11 is -1.46. The number of nitrogens with zero attached hydrogens (tertiary/aromatic N) is 2. The molecule has 2 N–H and O–H groups in total. The lowest BCUT2D eigenvalue weighted by Gasteiger charge is -2.26. The molecular formula is C27H29N3O7S2. The molecule has 1 amide bonds. The summed E-state index contributed by atoms with van der Waals surface area (Å²) in [4.78, 5) is 19.6. The van der Waals surface area contributed by atoms with Crippen LogP contribution in [0.15, 0.2) is 71.7 Å². The number of guanidine groups is 1. The Hall–Kier alpha value is -3.90. The third-order valence-corrected chi connectivity index (χ3v) is 7.66. The van der Waals surface area contributed by atoms with E-state index in [0.29, 0.717) is 45.9 Å². The molecule has 3 aromatic rings. The molecule has 39 heavy (non-hydrogen) atoms. The summed E-state index contributed by atoms with van der Waals surface area (Å²) in [7, 11) is -0.756. The smallest absolute Gasteiger partial charge is 0.306 e. The standard InChI is InChI=1S/C27H29N3O7S2/c1-5-13-38(32)36-22-11-9-20(10-12-22)27(25(31)30(2)26(28)29-27)21-8-6-7-18(14-21)19-15-23(35-3)17-24(16-19)37-39(4,33)34/h6-12,14-17H,5,13H2,1-4H3,(H2,28,29). The number of aliphatic imine (C=N–C) groups is 1. The summed E-state index contributed by atoms with van der Waals surface area (Å²) < 4.78 is 51.4. The SMILES string of the molecule is CCCS(=O)Oc1ccc(C2(c3cccc(-c4cc(OC)cc(OS(C)(=O)=O)c4)c3)N=C(N)N(C)C2=O)cc1. The molecule has 1 heterocycles. The molecule has 0 saturated carbocycles. The number of likely N-dealkylation sites (N-methyl/N-ethyl adjacent to an activating group) is 1. The van der Waals surface area contributed by atoms with E-state index >= 15 is 0 Å². The van der Waals surface area contributed by atoms with Crippen molar-refractivity contribution in [3.63, 3.8) is 0 Å². The summed E-state index contributed by atoms with van der Waals surface area (Å²) in [6.07, 6.45) is 1.67. The van der Waals surface area contributed by atoms with E-state index in [9.17, 15) is 17.4 Å². The second kappa shape index (κ2) is 11.1. The molecule has 0 aliphatic carbocycles. The first kappa shape index (κ1) is 28.1. The highest BCUT2D eigenvalue weighted by Gasteiger charge is 2.49. The van der Waals surface area contributed by atoms with Crippen LogP contribution in [0, 0.1) is 0 Å². The number of benzene rings is 3. The van der Waals surface area contributed by atoms with Crippen LogP contribution in [-0.2, 0) is 31.5 Å². The zero-order valence-electron chi connectivity index (χ0n) is 21.9. The number of carbonyl (C=O) groups is 1. The summed E-state index contributed by atoms with van der Waals surface area (Å²) in [5.41, 5.74) is 6.97. The molecule has 4 rings (SSSR count). The Bertz CT molecular complexity index is 1560. The number of amides is 1. The first-order valence-corrected chi connectivity index (χ1v) is 15.0. The lowest BCUT2D eigenvalue weighted by Crippen LogP contribution is -2.41. The van der Waals surface area contributed by atoms with Crippen molar-refractivity contribution < 1.29 is 30.5 Å². The fourth-order valence-electron chi connectivity index (χ4n) is 4.25. The van der Waals surface area contributed by atoms with Crippen LogP contribution in [0.3, 0.4) is 0 Å². The van der Waals surface area contributed by atoms with E-state index in [1.54, 1.807) is 61.6 Å². The van der Waals surface area contributed by atoms with Crippen LogP contribution in [0.2, 0.25) is 0 Å². The average molecular weight is 572 g/mol. The van der Waals surface area contributed by atoms with Gasteiger partial charge < -0.3 is 18.8 Å². The number of ether oxygens (including phenoxy) is 1. The van der Waals surface area contributed by atoms with Gasteiger partial charge in [0, 0.05) is 13.1 Å². The van der Waals surface area contributed by atoms with Crippen LogP contribution < -0.4 is 18.8 Å². The van der Waals surface area contributed by atoms with E-state index < -0.39 is 26.7 Å². The van der Waals surface area contributed by atoms with Crippen LogP contribution in [0.5, 0.6) is 17.2 Å². The van der Waals surface area contributed by atoms with Crippen molar-refractivity contribution in [2.45, 2.75) is 18.9 Å². The molecule has 12 heteroatoms. The maximum Gasteiger partial charge on any atom is 0.306 e. The highest BCUT2D eigenvalue weighted by molar-refractivity contribution is 7.86. The third-order valence-electron chi connectivity index (χ3n) is 6.05. The van der Waals surface area contributed by atoms with Crippen molar-refractivity contribution in [3.8, 4) is 28.4 Å². The van der Waals surface area contributed by atoms with Gasteiger partial charge in [0.1, 0.15) is 17.2 Å². The van der Waals surface area contributed by atoms with Gasteiger partial charge in [0.15, 0.2) is 11.5 Å². The molecule has 3 aromatic carbocycles. The topological polar surface area (TPSA) is 138 Å². The number of hydrogen-bond donors (Lipinski definition) is 1. The van der Waals surface area contributed by atoms with Gasteiger partial charge in [0.25, 0.3) is 5.91 Å².